The highest BCUT2D eigenvalue weighted by atomic mass is 16.5. The van der Waals surface area contributed by atoms with Gasteiger partial charge in [0, 0.05) is 17.5 Å². The van der Waals surface area contributed by atoms with Crippen LogP contribution in [-0.2, 0) is 0 Å². The van der Waals surface area contributed by atoms with E-state index in [9.17, 15) is 0 Å². The van der Waals surface area contributed by atoms with Gasteiger partial charge in [-0.2, -0.15) is 0 Å². The highest BCUT2D eigenvalue weighted by Crippen LogP contribution is 2.23. The summed E-state index contributed by atoms with van der Waals surface area (Å²) < 4.78 is 5.73. The second-order valence-electron chi connectivity index (χ2n) is 4.81. The molecule has 1 aromatic heterocycles. The van der Waals surface area contributed by atoms with Gasteiger partial charge < -0.3 is 10.5 Å². The molecule has 2 aromatic carbocycles. The molecule has 3 rings (SSSR count). The molecule has 1 unspecified atom stereocenters. The van der Waals surface area contributed by atoms with Gasteiger partial charge in [0.05, 0.1) is 5.52 Å². The monoisotopic (exact) mass is 264 g/mol. The van der Waals surface area contributed by atoms with E-state index in [0.717, 1.165) is 22.2 Å². The molecular formula is C17H16N2O. The lowest BCUT2D eigenvalue weighted by Gasteiger charge is -2.08. The predicted octanol–water partition coefficient (Wildman–Crippen LogP) is 4.05. The van der Waals surface area contributed by atoms with Gasteiger partial charge in [-0.15, -0.1) is 0 Å². The van der Waals surface area contributed by atoms with Crippen LogP contribution in [0.15, 0.2) is 60.7 Å². The highest BCUT2D eigenvalue weighted by Gasteiger charge is 2.04. The minimum atomic E-state index is 0.0274. The number of nitrogens with two attached hydrogens (primary N) is 1. The van der Waals surface area contributed by atoms with Crippen LogP contribution in [0.25, 0.3) is 10.9 Å². The predicted molar refractivity (Wildman–Crippen MR) is 80.9 cm³/mol. The van der Waals surface area contributed by atoms with Crippen molar-refractivity contribution >= 4 is 10.9 Å². The molecule has 2 N–H and O–H groups in total. The van der Waals surface area contributed by atoms with Crippen molar-refractivity contribution in [3.05, 3.63) is 66.2 Å². The Morgan fingerprint density at radius 1 is 1.00 bits per heavy atom. The second kappa shape index (κ2) is 5.31. The Morgan fingerprint density at radius 2 is 1.80 bits per heavy atom. The van der Waals surface area contributed by atoms with Crippen LogP contribution in [0.2, 0.25) is 0 Å². The second-order valence-corrected chi connectivity index (χ2v) is 4.81. The average Bonchev–Trinajstić information content (AvgIpc) is 2.47. The van der Waals surface area contributed by atoms with E-state index in [0.29, 0.717) is 5.88 Å². The third-order valence-electron chi connectivity index (χ3n) is 3.18. The third kappa shape index (κ3) is 2.63. The zero-order valence-corrected chi connectivity index (χ0v) is 11.3. The maximum absolute atomic E-state index is 5.89. The molecule has 1 atom stereocenters. The summed E-state index contributed by atoms with van der Waals surface area (Å²) in [6, 6.07) is 19.6. The van der Waals surface area contributed by atoms with Crippen molar-refractivity contribution in [1.82, 2.24) is 4.98 Å². The Kier molecular flexibility index (Phi) is 3.35. The minimum Gasteiger partial charge on any atom is -0.439 e. The molecule has 0 amide bonds. The summed E-state index contributed by atoms with van der Waals surface area (Å²) in [5.41, 5.74) is 7.90. The molecule has 0 aliphatic heterocycles. The van der Waals surface area contributed by atoms with Crippen molar-refractivity contribution in [3.63, 3.8) is 0 Å². The van der Waals surface area contributed by atoms with Crippen LogP contribution < -0.4 is 10.5 Å². The molecule has 20 heavy (non-hydrogen) atoms. The van der Waals surface area contributed by atoms with Crippen molar-refractivity contribution in [1.29, 1.82) is 0 Å². The number of hydrogen-bond donors (Lipinski definition) is 1. The quantitative estimate of drug-likeness (QED) is 0.776. The fraction of sp³-hybridized carbons (Fsp3) is 0.118. The third-order valence-corrected chi connectivity index (χ3v) is 3.18. The molecule has 0 spiro atoms. The van der Waals surface area contributed by atoms with Crippen LogP contribution >= 0.6 is 0 Å². The van der Waals surface area contributed by atoms with Gasteiger partial charge in [0.1, 0.15) is 5.75 Å². The molecule has 3 aromatic rings. The molecule has 0 aliphatic rings. The van der Waals surface area contributed by atoms with E-state index >= 15 is 0 Å². The molecule has 3 nitrogen and oxygen atoms in total. The van der Waals surface area contributed by atoms with Crippen molar-refractivity contribution < 1.29 is 4.74 Å². The van der Waals surface area contributed by atoms with Crippen molar-refractivity contribution in [2.75, 3.05) is 0 Å². The number of fused-ring (bicyclic) bond motifs is 1. The van der Waals surface area contributed by atoms with E-state index in [4.69, 9.17) is 10.5 Å². The fourth-order valence-corrected chi connectivity index (χ4v) is 2.07. The first-order chi connectivity index (χ1) is 9.72. The zero-order valence-electron chi connectivity index (χ0n) is 11.3. The Hall–Kier alpha value is -2.39. The molecule has 0 bridgehead atoms. The van der Waals surface area contributed by atoms with Gasteiger partial charge in [-0.3, -0.25) is 0 Å². The number of nitrogens with zero attached hydrogens (tertiary/aromatic N) is 1. The number of para-hydroxylation sites is 1. The molecule has 0 radical (unpaired) electrons. The maximum atomic E-state index is 5.89. The standard InChI is InChI=1S/C17H16N2O/c1-12(18)13-7-9-16-14(11-13)8-10-17(19-16)20-15-5-3-2-4-6-15/h2-12H,18H2,1H3. The fourth-order valence-electron chi connectivity index (χ4n) is 2.07. The molecule has 0 aliphatic carbocycles. The lowest BCUT2D eigenvalue weighted by atomic mass is 10.1. The van der Waals surface area contributed by atoms with Crippen LogP contribution in [0.4, 0.5) is 0 Å². The van der Waals surface area contributed by atoms with E-state index in [1.165, 1.54) is 0 Å². The van der Waals surface area contributed by atoms with Crippen molar-refractivity contribution in [2.24, 2.45) is 5.73 Å². The Labute approximate surface area is 118 Å². The molecule has 0 saturated carbocycles. The largest absolute Gasteiger partial charge is 0.439 e. The first kappa shape index (κ1) is 12.6. The van der Waals surface area contributed by atoms with Crippen molar-refractivity contribution in [2.45, 2.75) is 13.0 Å². The van der Waals surface area contributed by atoms with Crippen LogP contribution in [0, 0.1) is 0 Å². The number of benzene rings is 2. The number of ether oxygens (including phenoxy) is 1. The zero-order chi connectivity index (χ0) is 13.9. The summed E-state index contributed by atoms with van der Waals surface area (Å²) in [4.78, 5) is 4.51. The summed E-state index contributed by atoms with van der Waals surface area (Å²) in [7, 11) is 0. The van der Waals surface area contributed by atoms with E-state index in [2.05, 4.69) is 11.1 Å². The number of hydrogen-bond acceptors (Lipinski definition) is 3. The molecular weight excluding hydrogens is 248 g/mol. The normalized spacial score (nSPS) is 12.3. The molecule has 1 heterocycles. The van der Waals surface area contributed by atoms with Gasteiger partial charge in [0.25, 0.3) is 0 Å². The summed E-state index contributed by atoms with van der Waals surface area (Å²) in [6.45, 7) is 1.97. The molecule has 3 heteroatoms. The first-order valence-corrected chi connectivity index (χ1v) is 6.61. The van der Waals surface area contributed by atoms with Crippen LogP contribution in [0.1, 0.15) is 18.5 Å². The summed E-state index contributed by atoms with van der Waals surface area (Å²) >= 11 is 0. The lowest BCUT2D eigenvalue weighted by Crippen LogP contribution is -2.04. The van der Waals surface area contributed by atoms with Gasteiger partial charge in [0.2, 0.25) is 5.88 Å². The number of aromatic nitrogens is 1. The smallest absolute Gasteiger partial charge is 0.219 e. The van der Waals surface area contributed by atoms with Gasteiger partial charge in [-0.25, -0.2) is 4.98 Å². The van der Waals surface area contributed by atoms with Crippen LogP contribution in [0.3, 0.4) is 0 Å². The van der Waals surface area contributed by atoms with Crippen LogP contribution in [0.5, 0.6) is 11.6 Å². The van der Waals surface area contributed by atoms with E-state index in [1.54, 1.807) is 0 Å². The number of pyridine rings is 1. The minimum absolute atomic E-state index is 0.0274. The first-order valence-electron chi connectivity index (χ1n) is 6.61. The van der Waals surface area contributed by atoms with Gasteiger partial charge >= 0.3 is 0 Å². The summed E-state index contributed by atoms with van der Waals surface area (Å²) in [6.07, 6.45) is 0. The number of rotatable bonds is 3. The van der Waals surface area contributed by atoms with Gasteiger partial charge in [0.15, 0.2) is 0 Å². The van der Waals surface area contributed by atoms with Crippen LogP contribution in [-0.4, -0.2) is 4.98 Å². The molecule has 0 saturated heterocycles. The lowest BCUT2D eigenvalue weighted by molar-refractivity contribution is 0.465. The van der Waals surface area contributed by atoms with E-state index in [1.807, 2.05) is 61.5 Å². The summed E-state index contributed by atoms with van der Waals surface area (Å²) in [5.74, 6) is 1.38. The highest BCUT2D eigenvalue weighted by molar-refractivity contribution is 5.80. The topological polar surface area (TPSA) is 48.1 Å². The van der Waals surface area contributed by atoms with Gasteiger partial charge in [-0.05, 0) is 42.8 Å². The maximum Gasteiger partial charge on any atom is 0.219 e. The average molecular weight is 264 g/mol. The molecule has 0 fully saturated rings. The van der Waals surface area contributed by atoms with Gasteiger partial charge in [-0.1, -0.05) is 24.3 Å². The Balaban J connectivity index is 1.93. The Bertz CT molecular complexity index is 723. The SMILES string of the molecule is CC(N)c1ccc2nc(Oc3ccccc3)ccc2c1. The van der Waals surface area contributed by atoms with Crippen molar-refractivity contribution in [3.8, 4) is 11.6 Å². The van der Waals surface area contributed by atoms with E-state index < -0.39 is 0 Å². The van der Waals surface area contributed by atoms with E-state index in [-0.39, 0.29) is 6.04 Å². The summed E-state index contributed by atoms with van der Waals surface area (Å²) in [5, 5.41) is 1.07. The Morgan fingerprint density at radius 3 is 2.55 bits per heavy atom. The molecule has 100 valence electrons.